The Kier molecular flexibility index (Phi) is 6.06. The number of halogens is 4. The van der Waals surface area contributed by atoms with Crippen molar-refractivity contribution in [3.05, 3.63) is 64.1 Å². The molecule has 166 valence electrons. The maximum Gasteiger partial charge on any atom is 0.452 e. The van der Waals surface area contributed by atoms with E-state index in [4.69, 9.17) is 16.3 Å². The number of hydrogen-bond acceptors (Lipinski definition) is 4. The predicted molar refractivity (Wildman–Crippen MR) is 111 cm³/mol. The molecule has 5 nitrogen and oxygen atoms in total. The van der Waals surface area contributed by atoms with Crippen LogP contribution in [-0.4, -0.2) is 27.7 Å². The Morgan fingerprint density at radius 1 is 1.19 bits per heavy atom. The van der Waals surface area contributed by atoms with Gasteiger partial charge in [0.05, 0.1) is 12.5 Å². The molecule has 0 aliphatic rings. The normalized spacial score (nSPS) is 13.5. The second-order valence-corrected chi connectivity index (χ2v) is 8.34. The van der Waals surface area contributed by atoms with Gasteiger partial charge in [-0.1, -0.05) is 18.2 Å². The summed E-state index contributed by atoms with van der Waals surface area (Å²) in [4.78, 5) is 12.7. The van der Waals surface area contributed by atoms with Gasteiger partial charge < -0.3 is 4.74 Å². The van der Waals surface area contributed by atoms with Crippen LogP contribution in [0.2, 0.25) is 0 Å². The topological polar surface area (TPSA) is 56.5 Å². The highest BCUT2D eigenvalue weighted by molar-refractivity contribution is 6.17. The van der Waals surface area contributed by atoms with Gasteiger partial charge in [0.25, 0.3) is 0 Å². The van der Waals surface area contributed by atoms with Crippen molar-refractivity contribution in [1.29, 1.82) is 0 Å². The van der Waals surface area contributed by atoms with Crippen molar-refractivity contribution in [2.75, 3.05) is 7.11 Å². The van der Waals surface area contributed by atoms with E-state index in [1.807, 2.05) is 25.1 Å². The minimum atomic E-state index is -4.63. The second kappa shape index (κ2) is 8.15. The Morgan fingerprint density at radius 3 is 2.45 bits per heavy atom. The van der Waals surface area contributed by atoms with Gasteiger partial charge >= 0.3 is 12.1 Å². The van der Waals surface area contributed by atoms with Gasteiger partial charge in [0, 0.05) is 18.0 Å². The highest BCUT2D eigenvalue weighted by Gasteiger charge is 2.42. The summed E-state index contributed by atoms with van der Waals surface area (Å²) in [7, 11) is 1.31. The van der Waals surface area contributed by atoms with E-state index in [0.29, 0.717) is 17.0 Å². The number of rotatable bonds is 5. The van der Waals surface area contributed by atoms with Gasteiger partial charge in [-0.15, -0.1) is 21.8 Å². The average molecular weight is 454 g/mol. The third kappa shape index (κ3) is 4.01. The predicted octanol–water partition coefficient (Wildman–Crippen LogP) is 5.43. The van der Waals surface area contributed by atoms with E-state index in [-0.39, 0.29) is 5.65 Å². The number of ether oxygens (including phenoxy) is 1. The van der Waals surface area contributed by atoms with Crippen molar-refractivity contribution in [2.24, 2.45) is 5.41 Å². The first kappa shape index (κ1) is 23.1. The maximum atomic E-state index is 13.3. The fourth-order valence-electron chi connectivity index (χ4n) is 3.98. The number of carbonyl (C=O) groups excluding carboxylic acids is 1. The molecule has 0 saturated heterocycles. The van der Waals surface area contributed by atoms with Crippen LogP contribution in [0.1, 0.15) is 53.4 Å². The number of alkyl halides is 4. The number of aromatic nitrogens is 3. The van der Waals surface area contributed by atoms with Crippen molar-refractivity contribution >= 4 is 23.2 Å². The average Bonchev–Trinajstić information content (AvgIpc) is 3.15. The molecule has 0 N–H and O–H groups in total. The zero-order valence-electron chi connectivity index (χ0n) is 17.8. The lowest BCUT2D eigenvalue weighted by Crippen LogP contribution is -2.34. The van der Waals surface area contributed by atoms with Crippen LogP contribution >= 0.6 is 11.6 Å². The number of nitrogens with zero attached hydrogens (tertiary/aromatic N) is 3. The van der Waals surface area contributed by atoms with Crippen LogP contribution in [0.5, 0.6) is 0 Å². The van der Waals surface area contributed by atoms with Crippen LogP contribution in [0.15, 0.2) is 30.5 Å². The summed E-state index contributed by atoms with van der Waals surface area (Å²) < 4.78 is 45.8. The maximum absolute atomic E-state index is 13.3. The Bertz CT molecular complexity index is 1140. The van der Waals surface area contributed by atoms with Crippen molar-refractivity contribution < 1.29 is 22.7 Å². The molecule has 31 heavy (non-hydrogen) atoms. The highest BCUT2D eigenvalue weighted by Crippen LogP contribution is 2.44. The van der Waals surface area contributed by atoms with E-state index in [0.717, 1.165) is 21.1 Å². The molecule has 2 heterocycles. The number of methoxy groups -OCH3 is 1. The number of hydrogen-bond donors (Lipinski definition) is 0. The molecule has 3 aromatic rings. The Balaban J connectivity index is 2.29. The van der Waals surface area contributed by atoms with Gasteiger partial charge in [0.1, 0.15) is 0 Å². The monoisotopic (exact) mass is 453 g/mol. The largest absolute Gasteiger partial charge is 0.469 e. The van der Waals surface area contributed by atoms with E-state index in [2.05, 4.69) is 10.2 Å². The van der Waals surface area contributed by atoms with Crippen molar-refractivity contribution in [2.45, 2.75) is 45.7 Å². The fraction of sp³-hybridized carbons (Fsp3) is 0.409. The van der Waals surface area contributed by atoms with E-state index in [1.165, 1.54) is 13.3 Å². The van der Waals surface area contributed by atoms with Gasteiger partial charge in [-0.3, -0.25) is 9.20 Å². The summed E-state index contributed by atoms with van der Waals surface area (Å²) in [5.41, 5.74) is 2.94. The number of fused-ring (bicyclic) bond motifs is 1. The molecule has 0 spiro atoms. The van der Waals surface area contributed by atoms with Crippen LogP contribution in [0.4, 0.5) is 13.2 Å². The zero-order chi connectivity index (χ0) is 23.1. The molecule has 0 aliphatic carbocycles. The lowest BCUT2D eigenvalue weighted by molar-refractivity contribution is -0.151. The molecule has 1 unspecified atom stereocenters. The van der Waals surface area contributed by atoms with Gasteiger partial charge in [-0.05, 0) is 61.6 Å². The van der Waals surface area contributed by atoms with Crippen LogP contribution in [0, 0.1) is 19.3 Å². The molecule has 9 heteroatoms. The van der Waals surface area contributed by atoms with E-state index in [1.54, 1.807) is 26.8 Å². The van der Waals surface area contributed by atoms with E-state index in [9.17, 15) is 18.0 Å². The summed E-state index contributed by atoms with van der Waals surface area (Å²) in [6, 6.07) is 7.32. The third-order valence-corrected chi connectivity index (χ3v) is 6.00. The number of pyridine rings is 1. The molecule has 0 bridgehead atoms. The molecule has 1 atom stereocenters. The second-order valence-electron chi connectivity index (χ2n) is 8.08. The summed E-state index contributed by atoms with van der Waals surface area (Å²) in [6.07, 6.45) is -3.35. The van der Waals surface area contributed by atoms with Gasteiger partial charge in [0.15, 0.2) is 5.65 Å². The molecule has 0 radical (unpaired) electrons. The summed E-state index contributed by atoms with van der Waals surface area (Å²) in [5, 5.41) is 7.10. The summed E-state index contributed by atoms with van der Waals surface area (Å²) in [5.74, 6) is -1.76. The van der Waals surface area contributed by atoms with Crippen LogP contribution in [0.25, 0.3) is 5.65 Å². The minimum Gasteiger partial charge on any atom is -0.469 e. The first-order valence-corrected chi connectivity index (χ1v) is 10.1. The van der Waals surface area contributed by atoms with E-state index >= 15 is 0 Å². The summed E-state index contributed by atoms with van der Waals surface area (Å²) >= 11 is 6.09. The molecule has 3 rings (SSSR count). The molecular weight excluding hydrogens is 431 g/mol. The van der Waals surface area contributed by atoms with Crippen molar-refractivity contribution in [3.63, 3.8) is 0 Å². The molecule has 0 aliphatic heterocycles. The molecule has 0 amide bonds. The Morgan fingerprint density at radius 2 is 1.87 bits per heavy atom. The van der Waals surface area contributed by atoms with Gasteiger partial charge in [0.2, 0.25) is 5.82 Å². The lowest BCUT2D eigenvalue weighted by Gasteiger charge is -2.34. The third-order valence-electron chi connectivity index (χ3n) is 5.72. The summed E-state index contributed by atoms with van der Waals surface area (Å²) in [6.45, 7) is 7.11. The van der Waals surface area contributed by atoms with Crippen molar-refractivity contribution in [3.8, 4) is 0 Å². The number of carbonyl (C=O) groups is 1. The van der Waals surface area contributed by atoms with Crippen LogP contribution < -0.4 is 0 Å². The van der Waals surface area contributed by atoms with Gasteiger partial charge in [-0.2, -0.15) is 13.2 Å². The SMILES string of the molecule is COC(=O)C(C)(C)C(c1ccc(C)c(CCl)c1)c1ccn2c(C(F)(F)F)nnc2c1C. The Labute approximate surface area is 183 Å². The van der Waals surface area contributed by atoms with Crippen molar-refractivity contribution in [1.82, 2.24) is 14.6 Å². The fourth-order valence-corrected chi connectivity index (χ4v) is 4.27. The smallest absolute Gasteiger partial charge is 0.452 e. The number of aryl methyl sites for hydroxylation is 2. The number of benzene rings is 1. The van der Waals surface area contributed by atoms with Crippen LogP contribution in [-0.2, 0) is 21.6 Å². The standard InChI is InChI=1S/C22H23ClF3N3O2/c1-12-6-7-14(10-15(12)11-23)17(21(3,4)20(30)31-5)16-8-9-29-18(13(16)2)27-28-19(29)22(24,25)26/h6-10,17H,11H2,1-5H3. The van der Waals surface area contributed by atoms with Crippen LogP contribution in [0.3, 0.4) is 0 Å². The first-order valence-electron chi connectivity index (χ1n) is 9.58. The Hall–Kier alpha value is -2.61. The highest BCUT2D eigenvalue weighted by atomic mass is 35.5. The molecule has 1 aromatic carbocycles. The quantitative estimate of drug-likeness (QED) is 0.381. The molecule has 2 aromatic heterocycles. The minimum absolute atomic E-state index is 0.0835. The van der Waals surface area contributed by atoms with Gasteiger partial charge in [-0.25, -0.2) is 0 Å². The molecular formula is C22H23ClF3N3O2. The first-order chi connectivity index (χ1) is 14.4. The zero-order valence-corrected chi connectivity index (χ0v) is 18.6. The number of esters is 1. The van der Waals surface area contributed by atoms with E-state index < -0.39 is 29.3 Å². The molecule has 0 fully saturated rings. The molecule has 0 saturated carbocycles. The lowest BCUT2D eigenvalue weighted by atomic mass is 9.70.